The van der Waals surface area contributed by atoms with E-state index in [1.165, 1.54) is 18.0 Å². The van der Waals surface area contributed by atoms with Crippen LogP contribution in [0.1, 0.15) is 12.5 Å². The molecular weight excluding hydrogens is 248 g/mol. The normalized spacial score (nSPS) is 9.19. The maximum absolute atomic E-state index is 11.0. The number of halogens is 1. The van der Waals surface area contributed by atoms with Gasteiger partial charge >= 0.3 is 5.97 Å². The van der Waals surface area contributed by atoms with Crippen LogP contribution in [0.15, 0.2) is 11.4 Å². The first-order chi connectivity index (χ1) is 7.67. The molecule has 0 aromatic carbocycles. The number of rotatable bonds is 2. The highest BCUT2D eigenvalue weighted by atomic mass is 35.5. The molecule has 1 aromatic rings. The van der Waals surface area contributed by atoms with Crippen LogP contribution in [0.5, 0.6) is 0 Å². The van der Waals surface area contributed by atoms with E-state index in [1.807, 2.05) is 6.26 Å². The Morgan fingerprint density at radius 2 is 2.44 bits per heavy atom. The number of nitrogens with zero attached hydrogens (tertiary/aromatic N) is 2. The highest BCUT2D eigenvalue weighted by Gasteiger charge is 2.02. The molecule has 1 heterocycles. The zero-order chi connectivity index (χ0) is 12.0. The second-order valence-electron chi connectivity index (χ2n) is 2.53. The molecule has 0 bridgehead atoms. The summed E-state index contributed by atoms with van der Waals surface area (Å²) in [5.41, 5.74) is 0.410. The summed E-state index contributed by atoms with van der Waals surface area (Å²) in [5.74, 6) is 4.26. The summed E-state index contributed by atoms with van der Waals surface area (Å²) in [6, 6.07) is 0. The lowest BCUT2D eigenvalue weighted by atomic mass is 10.3. The number of hydrogen-bond donors (Lipinski definition) is 0. The lowest BCUT2D eigenvalue weighted by molar-refractivity contribution is -0.136. The van der Waals surface area contributed by atoms with Crippen molar-refractivity contribution in [3.05, 3.63) is 16.9 Å². The number of carbonyl (C=O) groups excluding carboxylic acids is 1. The van der Waals surface area contributed by atoms with E-state index in [2.05, 4.69) is 26.5 Å². The van der Waals surface area contributed by atoms with Crippen molar-refractivity contribution in [1.29, 1.82) is 0 Å². The van der Waals surface area contributed by atoms with E-state index in [1.54, 1.807) is 6.92 Å². The van der Waals surface area contributed by atoms with Gasteiger partial charge in [0.15, 0.2) is 5.16 Å². The van der Waals surface area contributed by atoms with E-state index in [0.717, 1.165) is 0 Å². The summed E-state index contributed by atoms with van der Waals surface area (Å²) < 4.78 is 4.65. The van der Waals surface area contributed by atoms with Crippen LogP contribution in [0.3, 0.4) is 0 Å². The fourth-order valence-electron chi connectivity index (χ4n) is 0.814. The number of hydrogen-bond acceptors (Lipinski definition) is 5. The van der Waals surface area contributed by atoms with Gasteiger partial charge in [0.05, 0.1) is 12.2 Å². The Hall–Kier alpha value is -1.25. The predicted octanol–water partition coefficient (Wildman–Crippen LogP) is 1.77. The van der Waals surface area contributed by atoms with E-state index in [-0.39, 0.29) is 5.15 Å². The molecule has 1 aromatic heterocycles. The molecule has 0 spiro atoms. The highest BCUT2D eigenvalue weighted by Crippen LogP contribution is 2.15. The molecule has 0 unspecified atom stereocenters. The van der Waals surface area contributed by atoms with Crippen molar-refractivity contribution in [1.82, 2.24) is 9.97 Å². The second-order valence-corrected chi connectivity index (χ2v) is 3.66. The summed E-state index contributed by atoms with van der Waals surface area (Å²) in [6.45, 7) is 2.01. The molecule has 0 atom stereocenters. The van der Waals surface area contributed by atoms with Gasteiger partial charge in [0, 0.05) is 12.1 Å². The van der Waals surface area contributed by atoms with Crippen LogP contribution >= 0.6 is 23.4 Å². The lowest BCUT2D eigenvalue weighted by Crippen LogP contribution is -2.00. The molecule has 0 aliphatic carbocycles. The molecule has 0 fully saturated rings. The topological polar surface area (TPSA) is 52.1 Å². The molecule has 0 saturated carbocycles. The molecule has 0 N–H and O–H groups in total. The van der Waals surface area contributed by atoms with Gasteiger partial charge in [-0.3, -0.25) is 0 Å². The van der Waals surface area contributed by atoms with Gasteiger partial charge in [-0.1, -0.05) is 29.3 Å². The molecule has 84 valence electrons. The molecule has 1 rings (SSSR count). The van der Waals surface area contributed by atoms with Crippen LogP contribution in [0, 0.1) is 11.8 Å². The Labute approximate surface area is 103 Å². The van der Waals surface area contributed by atoms with E-state index in [4.69, 9.17) is 11.6 Å². The van der Waals surface area contributed by atoms with Crippen LogP contribution < -0.4 is 0 Å². The largest absolute Gasteiger partial charge is 0.456 e. The van der Waals surface area contributed by atoms with Crippen LogP contribution in [-0.4, -0.2) is 28.8 Å². The average Bonchev–Trinajstić information content (AvgIpc) is 2.27. The van der Waals surface area contributed by atoms with Crippen molar-refractivity contribution < 1.29 is 9.53 Å². The summed E-state index contributed by atoms with van der Waals surface area (Å²) in [6.07, 6.45) is 3.32. The van der Waals surface area contributed by atoms with Crippen molar-refractivity contribution in [2.45, 2.75) is 12.1 Å². The third-order valence-corrected chi connectivity index (χ3v) is 2.33. The van der Waals surface area contributed by atoms with Gasteiger partial charge in [0.25, 0.3) is 0 Å². The number of esters is 1. The summed E-state index contributed by atoms with van der Waals surface area (Å²) >= 11 is 7.23. The summed E-state index contributed by atoms with van der Waals surface area (Å²) in [5, 5.41) is 0.794. The fourth-order valence-corrected chi connectivity index (χ4v) is 1.38. The highest BCUT2D eigenvalue weighted by molar-refractivity contribution is 7.98. The Kier molecular flexibility index (Phi) is 5.09. The Morgan fingerprint density at radius 3 is 3.00 bits per heavy atom. The van der Waals surface area contributed by atoms with Crippen molar-refractivity contribution in [2.24, 2.45) is 0 Å². The number of carbonyl (C=O) groups is 1. The number of ether oxygens (including phenoxy) is 1. The Bertz CT molecular complexity index is 454. The van der Waals surface area contributed by atoms with Crippen molar-refractivity contribution in [3.63, 3.8) is 0 Å². The van der Waals surface area contributed by atoms with Gasteiger partial charge in [-0.25, -0.2) is 14.8 Å². The summed E-state index contributed by atoms with van der Waals surface area (Å²) in [4.78, 5) is 18.9. The van der Waals surface area contributed by atoms with Crippen LogP contribution in [0.2, 0.25) is 5.15 Å². The number of aromatic nitrogens is 2. The molecule has 4 nitrogen and oxygen atoms in total. The first-order valence-corrected chi connectivity index (χ1v) is 6.03. The molecule has 16 heavy (non-hydrogen) atoms. The maximum atomic E-state index is 11.0. The van der Waals surface area contributed by atoms with Crippen LogP contribution in [-0.2, 0) is 9.53 Å². The van der Waals surface area contributed by atoms with Crippen molar-refractivity contribution in [2.75, 3.05) is 12.9 Å². The molecule has 0 radical (unpaired) electrons. The minimum atomic E-state index is -0.590. The minimum absolute atomic E-state index is 0.233. The first kappa shape index (κ1) is 12.8. The van der Waals surface area contributed by atoms with Crippen LogP contribution in [0.4, 0.5) is 0 Å². The third kappa shape index (κ3) is 3.72. The van der Waals surface area contributed by atoms with Crippen LogP contribution in [0.25, 0.3) is 0 Å². The van der Waals surface area contributed by atoms with Gasteiger partial charge in [0.1, 0.15) is 5.15 Å². The predicted molar refractivity (Wildman–Crippen MR) is 62.3 cm³/mol. The maximum Gasteiger partial charge on any atom is 0.384 e. The quantitative estimate of drug-likeness (QED) is 0.265. The molecule has 0 aliphatic heterocycles. The molecule has 6 heteroatoms. The van der Waals surface area contributed by atoms with Gasteiger partial charge in [0.2, 0.25) is 0 Å². The van der Waals surface area contributed by atoms with Gasteiger partial charge in [-0.2, -0.15) is 0 Å². The van der Waals surface area contributed by atoms with E-state index in [9.17, 15) is 4.79 Å². The zero-order valence-corrected chi connectivity index (χ0v) is 10.4. The van der Waals surface area contributed by atoms with Gasteiger partial charge < -0.3 is 4.74 Å². The lowest BCUT2D eigenvalue weighted by Gasteiger charge is -1.97. The summed E-state index contributed by atoms with van der Waals surface area (Å²) in [7, 11) is 0. The molecule has 0 amide bonds. The smallest absolute Gasteiger partial charge is 0.384 e. The number of thioether (sulfide) groups is 1. The van der Waals surface area contributed by atoms with Gasteiger partial charge in [-0.15, -0.1) is 0 Å². The standard InChI is InChI=1S/C10H9ClN2O2S/c1-3-15-8(14)5-4-7-6-12-10(16-2)13-9(7)11/h6H,3H2,1-2H3. The van der Waals surface area contributed by atoms with Crippen molar-refractivity contribution in [3.8, 4) is 11.8 Å². The van der Waals surface area contributed by atoms with Gasteiger partial charge in [-0.05, 0) is 13.2 Å². The second kappa shape index (κ2) is 6.36. The monoisotopic (exact) mass is 256 g/mol. The van der Waals surface area contributed by atoms with Crippen molar-refractivity contribution >= 4 is 29.3 Å². The Morgan fingerprint density at radius 1 is 1.69 bits per heavy atom. The first-order valence-electron chi connectivity index (χ1n) is 4.42. The van der Waals surface area contributed by atoms with E-state index < -0.39 is 5.97 Å². The zero-order valence-electron chi connectivity index (χ0n) is 8.78. The molecule has 0 aliphatic rings. The molecule has 0 saturated heterocycles. The van der Waals surface area contributed by atoms with E-state index >= 15 is 0 Å². The molecular formula is C10H9ClN2O2S. The average molecular weight is 257 g/mol. The fraction of sp³-hybridized carbons (Fsp3) is 0.300. The van der Waals surface area contributed by atoms with E-state index in [0.29, 0.717) is 17.3 Å². The SMILES string of the molecule is CCOC(=O)C#Cc1cnc(SC)nc1Cl. The Balaban J connectivity index is 2.85. The minimum Gasteiger partial charge on any atom is -0.456 e. The third-order valence-electron chi connectivity index (χ3n) is 1.48.